The van der Waals surface area contributed by atoms with Crippen molar-refractivity contribution in [2.24, 2.45) is 5.73 Å². The number of hydrogen-bond acceptors (Lipinski definition) is 3. The van der Waals surface area contributed by atoms with E-state index in [2.05, 4.69) is 50.9 Å². The Morgan fingerprint density at radius 2 is 2.10 bits per heavy atom. The fraction of sp³-hybridized carbons (Fsp3) is 0.312. The Kier molecular flexibility index (Phi) is 5.15. The third-order valence-corrected chi connectivity index (χ3v) is 3.93. The Morgan fingerprint density at radius 1 is 1.30 bits per heavy atom. The highest BCUT2D eigenvalue weighted by Gasteiger charge is 2.11. The van der Waals surface area contributed by atoms with Crippen molar-refractivity contribution in [1.29, 1.82) is 0 Å². The SMILES string of the molecule is CCN(Cc1ccccn1)c1ccc(C(C)N)cc1Br. The van der Waals surface area contributed by atoms with Gasteiger partial charge in [0.25, 0.3) is 0 Å². The Hall–Kier alpha value is -1.39. The van der Waals surface area contributed by atoms with Gasteiger partial charge in [0.1, 0.15) is 0 Å². The van der Waals surface area contributed by atoms with E-state index >= 15 is 0 Å². The van der Waals surface area contributed by atoms with Crippen LogP contribution in [-0.2, 0) is 6.54 Å². The van der Waals surface area contributed by atoms with Crippen molar-refractivity contribution in [3.63, 3.8) is 0 Å². The normalized spacial score (nSPS) is 12.2. The first kappa shape index (κ1) is 15.0. The van der Waals surface area contributed by atoms with Gasteiger partial charge in [-0.05, 0) is 59.6 Å². The molecule has 1 atom stereocenters. The highest BCUT2D eigenvalue weighted by atomic mass is 79.9. The van der Waals surface area contributed by atoms with Gasteiger partial charge in [0.15, 0.2) is 0 Å². The lowest BCUT2D eigenvalue weighted by molar-refractivity contribution is 0.798. The summed E-state index contributed by atoms with van der Waals surface area (Å²) in [5.74, 6) is 0. The van der Waals surface area contributed by atoms with Crippen LogP contribution in [0.2, 0.25) is 0 Å². The molecule has 4 heteroatoms. The van der Waals surface area contributed by atoms with Gasteiger partial charge in [0.05, 0.1) is 17.9 Å². The van der Waals surface area contributed by atoms with Gasteiger partial charge in [-0.25, -0.2) is 0 Å². The minimum absolute atomic E-state index is 0.0474. The van der Waals surface area contributed by atoms with E-state index in [9.17, 15) is 0 Å². The molecule has 0 fully saturated rings. The molecule has 3 nitrogen and oxygen atoms in total. The van der Waals surface area contributed by atoms with Crippen LogP contribution in [-0.4, -0.2) is 11.5 Å². The summed E-state index contributed by atoms with van der Waals surface area (Å²) in [6.45, 7) is 5.86. The topological polar surface area (TPSA) is 42.2 Å². The molecule has 1 unspecified atom stereocenters. The molecule has 2 rings (SSSR count). The molecule has 0 saturated carbocycles. The molecule has 1 aromatic heterocycles. The van der Waals surface area contributed by atoms with E-state index in [0.29, 0.717) is 0 Å². The Balaban J connectivity index is 2.23. The van der Waals surface area contributed by atoms with Gasteiger partial charge in [-0.15, -0.1) is 0 Å². The molecule has 2 N–H and O–H groups in total. The van der Waals surface area contributed by atoms with Crippen LogP contribution < -0.4 is 10.6 Å². The van der Waals surface area contributed by atoms with Crippen LogP contribution >= 0.6 is 15.9 Å². The van der Waals surface area contributed by atoms with E-state index in [0.717, 1.165) is 28.8 Å². The first-order chi connectivity index (χ1) is 9.61. The predicted molar refractivity (Wildman–Crippen MR) is 87.7 cm³/mol. The highest BCUT2D eigenvalue weighted by Crippen LogP contribution is 2.29. The van der Waals surface area contributed by atoms with Gasteiger partial charge in [-0.3, -0.25) is 4.98 Å². The first-order valence-electron chi connectivity index (χ1n) is 6.81. The monoisotopic (exact) mass is 333 g/mol. The largest absolute Gasteiger partial charge is 0.365 e. The Labute approximate surface area is 129 Å². The quantitative estimate of drug-likeness (QED) is 0.902. The summed E-state index contributed by atoms with van der Waals surface area (Å²) in [4.78, 5) is 6.68. The zero-order valence-corrected chi connectivity index (χ0v) is 13.5. The maximum absolute atomic E-state index is 5.92. The standard InChI is InChI=1S/C16H20BrN3/c1-3-20(11-14-6-4-5-9-19-14)16-8-7-13(12(2)18)10-15(16)17/h4-10,12H,3,11,18H2,1-2H3. The minimum Gasteiger partial charge on any atom is -0.365 e. The van der Waals surface area contributed by atoms with Crippen LogP contribution in [0.4, 0.5) is 5.69 Å². The third-order valence-electron chi connectivity index (χ3n) is 3.30. The van der Waals surface area contributed by atoms with Crippen LogP contribution in [0.1, 0.15) is 31.1 Å². The minimum atomic E-state index is 0.0474. The second-order valence-corrected chi connectivity index (χ2v) is 5.69. The van der Waals surface area contributed by atoms with E-state index in [1.54, 1.807) is 0 Å². The summed E-state index contributed by atoms with van der Waals surface area (Å²) in [6.07, 6.45) is 1.83. The molecular weight excluding hydrogens is 314 g/mol. The van der Waals surface area contributed by atoms with Gasteiger partial charge < -0.3 is 10.6 Å². The van der Waals surface area contributed by atoms with E-state index < -0.39 is 0 Å². The number of aromatic nitrogens is 1. The molecule has 20 heavy (non-hydrogen) atoms. The lowest BCUT2D eigenvalue weighted by Crippen LogP contribution is -2.23. The third kappa shape index (κ3) is 3.58. The first-order valence-corrected chi connectivity index (χ1v) is 7.61. The van der Waals surface area contributed by atoms with Crippen molar-refractivity contribution >= 4 is 21.6 Å². The number of nitrogens with zero attached hydrogens (tertiary/aromatic N) is 2. The van der Waals surface area contributed by atoms with Gasteiger partial charge >= 0.3 is 0 Å². The van der Waals surface area contributed by atoms with E-state index in [1.165, 1.54) is 5.69 Å². The number of rotatable bonds is 5. The lowest BCUT2D eigenvalue weighted by Gasteiger charge is -2.24. The number of halogens is 1. The average molecular weight is 334 g/mol. The van der Waals surface area contributed by atoms with Gasteiger partial charge in [0.2, 0.25) is 0 Å². The number of anilines is 1. The smallest absolute Gasteiger partial charge is 0.0602 e. The van der Waals surface area contributed by atoms with Crippen LogP contribution in [0.3, 0.4) is 0 Å². The molecule has 0 aliphatic carbocycles. The molecular formula is C16H20BrN3. The molecule has 0 aliphatic heterocycles. The fourth-order valence-corrected chi connectivity index (χ4v) is 2.76. The summed E-state index contributed by atoms with van der Waals surface area (Å²) < 4.78 is 1.07. The molecule has 0 aliphatic rings. The maximum atomic E-state index is 5.92. The van der Waals surface area contributed by atoms with Gasteiger partial charge in [-0.1, -0.05) is 12.1 Å². The van der Waals surface area contributed by atoms with Crippen LogP contribution in [0.5, 0.6) is 0 Å². The lowest BCUT2D eigenvalue weighted by atomic mass is 10.1. The van der Waals surface area contributed by atoms with Crippen molar-refractivity contribution in [2.75, 3.05) is 11.4 Å². The number of pyridine rings is 1. The molecule has 2 aromatic rings. The van der Waals surface area contributed by atoms with Crippen LogP contribution in [0.25, 0.3) is 0 Å². The Bertz CT molecular complexity index is 555. The summed E-state index contributed by atoms with van der Waals surface area (Å²) >= 11 is 3.65. The zero-order chi connectivity index (χ0) is 14.5. The number of hydrogen-bond donors (Lipinski definition) is 1. The molecule has 0 saturated heterocycles. The van der Waals surface area contributed by atoms with E-state index in [1.807, 2.05) is 31.3 Å². The summed E-state index contributed by atoms with van der Waals surface area (Å²) in [5.41, 5.74) is 9.29. The van der Waals surface area contributed by atoms with E-state index in [4.69, 9.17) is 5.73 Å². The molecule has 0 spiro atoms. The number of benzene rings is 1. The predicted octanol–water partition coefficient (Wildman–Crippen LogP) is 3.89. The molecule has 1 aromatic carbocycles. The van der Waals surface area contributed by atoms with Crippen LogP contribution in [0, 0.1) is 0 Å². The second kappa shape index (κ2) is 6.86. The molecule has 106 valence electrons. The zero-order valence-electron chi connectivity index (χ0n) is 11.9. The van der Waals surface area contributed by atoms with Crippen molar-refractivity contribution in [3.8, 4) is 0 Å². The molecule has 0 radical (unpaired) electrons. The Morgan fingerprint density at radius 3 is 2.65 bits per heavy atom. The summed E-state index contributed by atoms with van der Waals surface area (Å²) in [7, 11) is 0. The van der Waals surface area contributed by atoms with Crippen molar-refractivity contribution in [2.45, 2.75) is 26.4 Å². The van der Waals surface area contributed by atoms with Gasteiger partial charge in [-0.2, -0.15) is 0 Å². The molecule has 0 amide bonds. The average Bonchev–Trinajstić information content (AvgIpc) is 2.46. The number of nitrogens with two attached hydrogens (primary N) is 1. The van der Waals surface area contributed by atoms with Gasteiger partial charge in [0, 0.05) is 23.3 Å². The fourth-order valence-electron chi connectivity index (χ4n) is 2.12. The van der Waals surface area contributed by atoms with Crippen molar-refractivity contribution in [1.82, 2.24) is 4.98 Å². The summed E-state index contributed by atoms with van der Waals surface area (Å²) in [5, 5.41) is 0. The van der Waals surface area contributed by atoms with E-state index in [-0.39, 0.29) is 6.04 Å². The van der Waals surface area contributed by atoms with Crippen LogP contribution in [0.15, 0.2) is 47.1 Å². The molecule has 0 bridgehead atoms. The van der Waals surface area contributed by atoms with Crippen molar-refractivity contribution < 1.29 is 0 Å². The second-order valence-electron chi connectivity index (χ2n) is 4.83. The highest BCUT2D eigenvalue weighted by molar-refractivity contribution is 9.10. The maximum Gasteiger partial charge on any atom is 0.0602 e. The van der Waals surface area contributed by atoms with Crippen molar-refractivity contribution in [3.05, 3.63) is 58.3 Å². The summed E-state index contributed by atoms with van der Waals surface area (Å²) in [6, 6.07) is 12.4. The molecule has 1 heterocycles.